The molecule has 3 nitrogen and oxygen atoms in total. The molecule has 1 heterocycles. The number of hydrogen-bond donors (Lipinski definition) is 1. The van der Waals surface area contributed by atoms with Crippen LogP contribution in [0.1, 0.15) is 36.3 Å². The molecule has 1 aromatic heterocycles. The van der Waals surface area contributed by atoms with Crippen molar-refractivity contribution in [1.29, 1.82) is 0 Å². The van der Waals surface area contributed by atoms with Crippen molar-refractivity contribution < 1.29 is 9.21 Å². The number of hydrogen-bond acceptors (Lipinski definition) is 2. The first kappa shape index (κ1) is 13.7. The van der Waals surface area contributed by atoms with E-state index in [4.69, 9.17) is 4.42 Å². The van der Waals surface area contributed by atoms with Gasteiger partial charge in [-0.05, 0) is 36.1 Å². The average Bonchev–Trinajstić information content (AvgIpc) is 3.05. The Morgan fingerprint density at radius 1 is 1.29 bits per heavy atom. The van der Waals surface area contributed by atoms with Gasteiger partial charge in [-0.3, -0.25) is 4.79 Å². The van der Waals surface area contributed by atoms with Crippen molar-refractivity contribution in [1.82, 2.24) is 5.32 Å². The van der Waals surface area contributed by atoms with E-state index in [1.54, 1.807) is 6.08 Å². The van der Waals surface area contributed by atoms with E-state index >= 15 is 0 Å². The number of carbonyl (C=O) groups excluding carboxylic acids is 1. The normalized spacial score (nSPS) is 20.6. The first-order valence-corrected chi connectivity index (χ1v) is 7.32. The van der Waals surface area contributed by atoms with Crippen molar-refractivity contribution in [2.24, 2.45) is 5.92 Å². The monoisotopic (exact) mass is 281 g/mol. The number of benzene rings is 1. The van der Waals surface area contributed by atoms with Gasteiger partial charge in [-0.15, -0.1) is 0 Å². The lowest BCUT2D eigenvalue weighted by Crippen LogP contribution is -2.20. The zero-order valence-electron chi connectivity index (χ0n) is 12.1. The second-order valence-electron chi connectivity index (χ2n) is 5.60. The Hall–Kier alpha value is -2.29. The fraction of sp³-hybridized carbons (Fsp3) is 0.278. The summed E-state index contributed by atoms with van der Waals surface area (Å²) >= 11 is 0. The molecule has 1 aromatic carbocycles. The summed E-state index contributed by atoms with van der Waals surface area (Å²) in [6, 6.07) is 13.8. The Balaban J connectivity index is 1.51. The van der Waals surface area contributed by atoms with Gasteiger partial charge in [0.25, 0.3) is 0 Å². The lowest BCUT2D eigenvalue weighted by molar-refractivity contribution is -0.116. The maximum atomic E-state index is 11.8. The van der Waals surface area contributed by atoms with Gasteiger partial charge < -0.3 is 9.73 Å². The topological polar surface area (TPSA) is 42.2 Å². The Kier molecular flexibility index (Phi) is 3.91. The SMILES string of the molecule is CC1CC1c1ccc(C=CC(=O)NCc2ccccc2)o1. The average molecular weight is 281 g/mol. The maximum Gasteiger partial charge on any atom is 0.244 e. The van der Waals surface area contributed by atoms with Crippen molar-refractivity contribution in [3.63, 3.8) is 0 Å². The molecule has 21 heavy (non-hydrogen) atoms. The van der Waals surface area contributed by atoms with E-state index in [1.807, 2.05) is 42.5 Å². The van der Waals surface area contributed by atoms with Crippen LogP contribution >= 0.6 is 0 Å². The van der Waals surface area contributed by atoms with E-state index in [9.17, 15) is 4.79 Å². The molecule has 1 fully saturated rings. The summed E-state index contributed by atoms with van der Waals surface area (Å²) < 4.78 is 5.72. The number of amides is 1. The highest BCUT2D eigenvalue weighted by Gasteiger charge is 2.36. The van der Waals surface area contributed by atoms with Crippen LogP contribution in [-0.4, -0.2) is 5.91 Å². The molecule has 3 heteroatoms. The second-order valence-corrected chi connectivity index (χ2v) is 5.60. The maximum absolute atomic E-state index is 11.8. The summed E-state index contributed by atoms with van der Waals surface area (Å²) in [5.74, 6) is 2.95. The predicted molar refractivity (Wildman–Crippen MR) is 82.6 cm³/mol. The van der Waals surface area contributed by atoms with E-state index in [0.29, 0.717) is 12.5 Å². The first-order valence-electron chi connectivity index (χ1n) is 7.32. The second kappa shape index (κ2) is 6.00. The van der Waals surface area contributed by atoms with Crippen LogP contribution < -0.4 is 5.32 Å². The molecule has 0 radical (unpaired) electrons. The van der Waals surface area contributed by atoms with E-state index in [1.165, 1.54) is 12.5 Å². The van der Waals surface area contributed by atoms with Gasteiger partial charge in [0.2, 0.25) is 5.91 Å². The Bertz CT molecular complexity index is 642. The van der Waals surface area contributed by atoms with Crippen LogP contribution in [0.3, 0.4) is 0 Å². The van der Waals surface area contributed by atoms with Crippen molar-refractivity contribution in [2.75, 3.05) is 0 Å². The lowest BCUT2D eigenvalue weighted by Gasteiger charge is -2.01. The minimum atomic E-state index is -0.114. The van der Waals surface area contributed by atoms with Crippen LogP contribution in [0.25, 0.3) is 6.08 Å². The molecule has 3 rings (SSSR count). The predicted octanol–water partition coefficient (Wildman–Crippen LogP) is 3.73. The third kappa shape index (κ3) is 3.63. The lowest BCUT2D eigenvalue weighted by atomic mass is 10.2. The Morgan fingerprint density at radius 2 is 2.05 bits per heavy atom. The fourth-order valence-corrected chi connectivity index (χ4v) is 2.38. The quantitative estimate of drug-likeness (QED) is 0.848. The molecule has 2 unspecified atom stereocenters. The van der Waals surface area contributed by atoms with Crippen LogP contribution in [0.4, 0.5) is 0 Å². The molecule has 1 aliphatic rings. The third-order valence-electron chi connectivity index (χ3n) is 3.83. The van der Waals surface area contributed by atoms with Crippen LogP contribution in [0, 0.1) is 5.92 Å². The van der Waals surface area contributed by atoms with Gasteiger partial charge in [0.1, 0.15) is 11.5 Å². The molecule has 0 aliphatic heterocycles. The van der Waals surface area contributed by atoms with Crippen molar-refractivity contribution >= 4 is 12.0 Å². The molecule has 1 amide bonds. The standard InChI is InChI=1S/C18H19NO2/c1-13-11-16(13)17-9-7-15(21-17)8-10-18(20)19-12-14-5-3-2-4-6-14/h2-10,13,16H,11-12H2,1H3,(H,19,20). The van der Waals surface area contributed by atoms with Crippen molar-refractivity contribution in [3.8, 4) is 0 Å². The van der Waals surface area contributed by atoms with Gasteiger partial charge in [-0.25, -0.2) is 0 Å². The summed E-state index contributed by atoms with van der Waals surface area (Å²) in [6.45, 7) is 2.76. The van der Waals surface area contributed by atoms with Gasteiger partial charge in [0.15, 0.2) is 0 Å². The summed E-state index contributed by atoms with van der Waals surface area (Å²) in [7, 11) is 0. The minimum absolute atomic E-state index is 0.114. The summed E-state index contributed by atoms with van der Waals surface area (Å²) in [5.41, 5.74) is 1.09. The summed E-state index contributed by atoms with van der Waals surface area (Å²) in [5, 5.41) is 2.85. The zero-order chi connectivity index (χ0) is 14.7. The molecule has 0 bridgehead atoms. The highest BCUT2D eigenvalue weighted by molar-refractivity contribution is 5.91. The van der Waals surface area contributed by atoms with E-state index in [2.05, 4.69) is 12.2 Å². The van der Waals surface area contributed by atoms with Crippen LogP contribution in [0.2, 0.25) is 0 Å². The molecule has 0 saturated heterocycles. The Morgan fingerprint density at radius 3 is 2.76 bits per heavy atom. The number of carbonyl (C=O) groups is 1. The van der Waals surface area contributed by atoms with Crippen molar-refractivity contribution in [2.45, 2.75) is 25.8 Å². The van der Waals surface area contributed by atoms with Gasteiger partial charge in [0, 0.05) is 18.5 Å². The number of nitrogens with one attached hydrogen (secondary N) is 1. The fourth-order valence-electron chi connectivity index (χ4n) is 2.38. The van der Waals surface area contributed by atoms with Crippen molar-refractivity contribution in [3.05, 3.63) is 65.6 Å². The van der Waals surface area contributed by atoms with Crippen LogP contribution in [0.5, 0.6) is 0 Å². The summed E-state index contributed by atoms with van der Waals surface area (Å²) in [6.07, 6.45) is 4.44. The molecule has 0 spiro atoms. The molecular formula is C18H19NO2. The van der Waals surface area contributed by atoms with Crippen LogP contribution in [0.15, 0.2) is 53.0 Å². The zero-order valence-corrected chi connectivity index (χ0v) is 12.1. The Labute approximate surface area is 124 Å². The molecule has 2 atom stereocenters. The molecule has 1 aliphatic carbocycles. The van der Waals surface area contributed by atoms with E-state index in [0.717, 1.165) is 23.0 Å². The largest absolute Gasteiger partial charge is 0.461 e. The highest BCUT2D eigenvalue weighted by Crippen LogP contribution is 2.47. The molecule has 108 valence electrons. The number of rotatable bonds is 5. The molecule has 1 N–H and O–H groups in total. The summed E-state index contributed by atoms with van der Waals surface area (Å²) in [4.78, 5) is 11.8. The first-order chi connectivity index (χ1) is 10.2. The molecular weight excluding hydrogens is 262 g/mol. The van der Waals surface area contributed by atoms with E-state index < -0.39 is 0 Å². The smallest absolute Gasteiger partial charge is 0.244 e. The highest BCUT2D eigenvalue weighted by atomic mass is 16.3. The van der Waals surface area contributed by atoms with Gasteiger partial charge in [-0.1, -0.05) is 37.3 Å². The minimum Gasteiger partial charge on any atom is -0.461 e. The number of furan rings is 1. The molecule has 1 saturated carbocycles. The van der Waals surface area contributed by atoms with Gasteiger partial charge in [-0.2, -0.15) is 0 Å². The third-order valence-corrected chi connectivity index (χ3v) is 3.83. The van der Waals surface area contributed by atoms with Gasteiger partial charge in [0.05, 0.1) is 0 Å². The van der Waals surface area contributed by atoms with E-state index in [-0.39, 0.29) is 5.91 Å². The van der Waals surface area contributed by atoms with Crippen LogP contribution in [-0.2, 0) is 11.3 Å². The molecule has 2 aromatic rings. The van der Waals surface area contributed by atoms with Gasteiger partial charge >= 0.3 is 0 Å².